The number of aromatic amines is 1. The van der Waals surface area contributed by atoms with Gasteiger partial charge in [-0.2, -0.15) is 5.10 Å². The van der Waals surface area contributed by atoms with Crippen LogP contribution in [0, 0.1) is 0 Å². The molecule has 5 rings (SSSR count). The number of para-hydroxylation sites is 1. The van der Waals surface area contributed by atoms with Crippen molar-refractivity contribution < 1.29 is 4.79 Å². The van der Waals surface area contributed by atoms with Crippen molar-refractivity contribution in [2.45, 2.75) is 31.7 Å². The van der Waals surface area contributed by atoms with Gasteiger partial charge >= 0.3 is 0 Å². The Bertz CT molecular complexity index is 1420. The second kappa shape index (κ2) is 8.22. The molecule has 0 aliphatic heterocycles. The molecule has 4 aromatic rings. The SMILES string of the molecule is O=C(CCc1nc2ccccc2c(=O)n1C1CC1)Nc1cccc(-c2ccc(=O)[nH]n2)c1. The van der Waals surface area contributed by atoms with Crippen LogP contribution in [0.3, 0.4) is 0 Å². The van der Waals surface area contributed by atoms with Crippen molar-refractivity contribution in [1.29, 1.82) is 0 Å². The van der Waals surface area contributed by atoms with Gasteiger partial charge in [-0.05, 0) is 43.2 Å². The number of carbonyl (C=O) groups excluding carboxylic acids is 1. The molecule has 8 heteroatoms. The smallest absolute Gasteiger partial charge is 0.264 e. The zero-order valence-electron chi connectivity index (χ0n) is 17.2. The molecule has 0 bridgehead atoms. The van der Waals surface area contributed by atoms with E-state index in [1.165, 1.54) is 6.07 Å². The van der Waals surface area contributed by atoms with Gasteiger partial charge in [-0.3, -0.25) is 19.0 Å². The van der Waals surface area contributed by atoms with E-state index >= 15 is 0 Å². The Hall–Kier alpha value is -4.07. The lowest BCUT2D eigenvalue weighted by Crippen LogP contribution is -2.25. The molecule has 32 heavy (non-hydrogen) atoms. The molecule has 160 valence electrons. The summed E-state index contributed by atoms with van der Waals surface area (Å²) >= 11 is 0. The van der Waals surface area contributed by atoms with E-state index in [0.717, 1.165) is 18.4 Å². The number of fused-ring (bicyclic) bond motifs is 1. The zero-order chi connectivity index (χ0) is 22.1. The van der Waals surface area contributed by atoms with Gasteiger partial charge in [-0.1, -0.05) is 24.3 Å². The summed E-state index contributed by atoms with van der Waals surface area (Å²) in [6.45, 7) is 0. The summed E-state index contributed by atoms with van der Waals surface area (Å²) in [5, 5.41) is 9.93. The van der Waals surface area contributed by atoms with Gasteiger partial charge in [0.2, 0.25) is 5.91 Å². The number of nitrogens with one attached hydrogen (secondary N) is 2. The molecule has 0 spiro atoms. The molecule has 1 amide bonds. The van der Waals surface area contributed by atoms with Gasteiger partial charge < -0.3 is 5.32 Å². The van der Waals surface area contributed by atoms with Gasteiger partial charge in [0.15, 0.2) is 0 Å². The molecule has 1 aliphatic carbocycles. The molecule has 2 N–H and O–H groups in total. The Balaban J connectivity index is 1.33. The Labute approximate surface area is 183 Å². The molecule has 2 aromatic heterocycles. The Morgan fingerprint density at radius 1 is 1.06 bits per heavy atom. The van der Waals surface area contributed by atoms with Crippen molar-refractivity contribution in [2.75, 3.05) is 5.32 Å². The lowest BCUT2D eigenvalue weighted by molar-refractivity contribution is -0.116. The van der Waals surface area contributed by atoms with E-state index in [4.69, 9.17) is 0 Å². The summed E-state index contributed by atoms with van der Waals surface area (Å²) in [6.07, 6.45) is 2.51. The van der Waals surface area contributed by atoms with Crippen molar-refractivity contribution >= 4 is 22.5 Å². The van der Waals surface area contributed by atoms with Gasteiger partial charge in [0.05, 0.1) is 16.6 Å². The highest BCUT2D eigenvalue weighted by Gasteiger charge is 2.28. The van der Waals surface area contributed by atoms with Gasteiger partial charge in [0.25, 0.3) is 11.1 Å². The maximum Gasteiger partial charge on any atom is 0.264 e. The predicted molar refractivity (Wildman–Crippen MR) is 122 cm³/mol. The third-order valence-electron chi connectivity index (χ3n) is 5.49. The molecule has 0 atom stereocenters. The first-order valence-corrected chi connectivity index (χ1v) is 10.5. The lowest BCUT2D eigenvalue weighted by Gasteiger charge is -2.13. The molecule has 2 aromatic carbocycles. The third-order valence-corrected chi connectivity index (χ3v) is 5.49. The van der Waals surface area contributed by atoms with E-state index in [1.54, 1.807) is 28.8 Å². The lowest BCUT2D eigenvalue weighted by atomic mass is 10.1. The quantitative estimate of drug-likeness (QED) is 0.491. The number of hydrogen-bond donors (Lipinski definition) is 2. The van der Waals surface area contributed by atoms with Gasteiger partial charge in [0.1, 0.15) is 5.82 Å². The number of aryl methyl sites for hydroxylation is 1. The summed E-state index contributed by atoms with van der Waals surface area (Å²) in [5.74, 6) is 0.485. The van der Waals surface area contributed by atoms with E-state index < -0.39 is 0 Å². The maximum atomic E-state index is 13.0. The van der Waals surface area contributed by atoms with E-state index in [1.807, 2.05) is 30.3 Å². The summed E-state index contributed by atoms with van der Waals surface area (Å²) in [4.78, 5) is 41.5. The van der Waals surface area contributed by atoms with E-state index in [-0.39, 0.29) is 29.5 Å². The number of carbonyl (C=O) groups is 1. The number of hydrogen-bond acceptors (Lipinski definition) is 5. The number of nitrogens with zero attached hydrogens (tertiary/aromatic N) is 3. The fourth-order valence-electron chi connectivity index (χ4n) is 3.79. The summed E-state index contributed by atoms with van der Waals surface area (Å²) in [7, 11) is 0. The third kappa shape index (κ3) is 4.07. The monoisotopic (exact) mass is 427 g/mol. The molecule has 0 unspecified atom stereocenters. The zero-order valence-corrected chi connectivity index (χ0v) is 17.2. The van der Waals surface area contributed by atoms with Crippen LogP contribution in [0.4, 0.5) is 5.69 Å². The van der Waals surface area contributed by atoms with Crippen LogP contribution in [-0.4, -0.2) is 25.7 Å². The number of H-pyrrole nitrogens is 1. The highest BCUT2D eigenvalue weighted by molar-refractivity contribution is 5.91. The van der Waals surface area contributed by atoms with Crippen LogP contribution in [0.1, 0.15) is 31.1 Å². The first-order valence-electron chi connectivity index (χ1n) is 10.5. The van der Waals surface area contributed by atoms with Crippen LogP contribution in [0.5, 0.6) is 0 Å². The van der Waals surface area contributed by atoms with Crippen LogP contribution in [0.25, 0.3) is 22.2 Å². The second-order valence-electron chi connectivity index (χ2n) is 7.89. The largest absolute Gasteiger partial charge is 0.326 e. The van der Waals surface area contributed by atoms with Gasteiger partial charge in [0, 0.05) is 36.2 Å². The fourth-order valence-corrected chi connectivity index (χ4v) is 3.79. The average molecular weight is 427 g/mol. The Morgan fingerprint density at radius 3 is 2.69 bits per heavy atom. The molecular formula is C24H21N5O3. The minimum absolute atomic E-state index is 0.0328. The van der Waals surface area contributed by atoms with Crippen molar-refractivity contribution in [1.82, 2.24) is 19.7 Å². The first kappa shape index (κ1) is 19.9. The number of amides is 1. The Kier molecular flexibility index (Phi) is 5.10. The first-order chi connectivity index (χ1) is 15.6. The number of benzene rings is 2. The highest BCUT2D eigenvalue weighted by Crippen LogP contribution is 2.35. The molecule has 1 fully saturated rings. The highest BCUT2D eigenvalue weighted by atomic mass is 16.2. The number of rotatable bonds is 6. The fraction of sp³-hybridized carbons (Fsp3) is 0.208. The summed E-state index contributed by atoms with van der Waals surface area (Å²) in [5.41, 5.74) is 2.37. The van der Waals surface area contributed by atoms with Crippen LogP contribution >= 0.6 is 0 Å². The topological polar surface area (TPSA) is 110 Å². The molecule has 0 saturated heterocycles. The molecular weight excluding hydrogens is 406 g/mol. The molecule has 0 radical (unpaired) electrons. The van der Waals surface area contributed by atoms with E-state index in [0.29, 0.717) is 34.5 Å². The van der Waals surface area contributed by atoms with Gasteiger partial charge in [-0.15, -0.1) is 0 Å². The molecule has 1 saturated carbocycles. The van der Waals surface area contributed by atoms with Crippen molar-refractivity contribution in [2.24, 2.45) is 0 Å². The molecule has 1 aliphatic rings. The number of anilines is 1. The minimum atomic E-state index is -0.273. The standard InChI is InChI=1S/C24H21N5O3/c30-22(25-16-5-3-4-15(14-16)19-10-12-23(31)28-27-19)13-11-21-26-20-7-2-1-6-18(20)24(32)29(21)17-8-9-17/h1-7,10,12,14,17H,8-9,11,13H2,(H,25,30)(H,28,31). The Morgan fingerprint density at radius 2 is 1.91 bits per heavy atom. The van der Waals surface area contributed by atoms with Crippen LogP contribution < -0.4 is 16.4 Å². The molecule has 2 heterocycles. The average Bonchev–Trinajstić information content (AvgIpc) is 3.63. The minimum Gasteiger partial charge on any atom is -0.326 e. The van der Waals surface area contributed by atoms with Crippen LogP contribution in [0.15, 0.2) is 70.3 Å². The van der Waals surface area contributed by atoms with Crippen LogP contribution in [0.2, 0.25) is 0 Å². The number of aromatic nitrogens is 4. The van der Waals surface area contributed by atoms with E-state index in [2.05, 4.69) is 20.5 Å². The van der Waals surface area contributed by atoms with Crippen molar-refractivity contribution in [3.8, 4) is 11.3 Å². The van der Waals surface area contributed by atoms with Crippen LogP contribution in [-0.2, 0) is 11.2 Å². The normalized spacial score (nSPS) is 13.2. The maximum absolute atomic E-state index is 13.0. The second-order valence-corrected chi connectivity index (χ2v) is 7.89. The summed E-state index contributed by atoms with van der Waals surface area (Å²) < 4.78 is 1.76. The molecule has 8 nitrogen and oxygen atoms in total. The van der Waals surface area contributed by atoms with E-state index in [9.17, 15) is 14.4 Å². The van der Waals surface area contributed by atoms with Gasteiger partial charge in [-0.25, -0.2) is 10.1 Å². The summed E-state index contributed by atoms with van der Waals surface area (Å²) in [6, 6.07) is 17.8. The van der Waals surface area contributed by atoms with Crippen molar-refractivity contribution in [3.05, 3.63) is 87.2 Å². The predicted octanol–water partition coefficient (Wildman–Crippen LogP) is 3.05. The van der Waals surface area contributed by atoms with Crippen molar-refractivity contribution in [3.63, 3.8) is 0 Å².